The average Bonchev–Trinajstić information content (AvgIpc) is 3.10. The summed E-state index contributed by atoms with van der Waals surface area (Å²) in [5.41, 5.74) is 1.44. The highest BCUT2D eigenvalue weighted by atomic mass is 32.2. The molecule has 1 heterocycles. The monoisotopic (exact) mass is 350 g/mol. The Kier molecular flexibility index (Phi) is 5.56. The molecule has 1 atom stereocenters. The molecule has 6 heteroatoms. The van der Waals surface area contributed by atoms with Crippen molar-refractivity contribution in [2.24, 2.45) is 5.92 Å². The predicted octanol–water partition coefficient (Wildman–Crippen LogP) is 2.48. The number of amides is 1. The fourth-order valence-corrected chi connectivity index (χ4v) is 5.57. The van der Waals surface area contributed by atoms with Crippen molar-refractivity contribution in [2.75, 3.05) is 18.4 Å². The summed E-state index contributed by atoms with van der Waals surface area (Å²) >= 11 is 0. The summed E-state index contributed by atoms with van der Waals surface area (Å²) in [6.07, 6.45) is 5.58. The number of carbonyl (C=O) groups is 1. The van der Waals surface area contributed by atoms with E-state index in [0.717, 1.165) is 50.6 Å². The van der Waals surface area contributed by atoms with Gasteiger partial charge in [0.2, 0.25) is 5.91 Å². The van der Waals surface area contributed by atoms with Crippen LogP contribution in [0.4, 0.5) is 5.69 Å². The molecule has 2 aliphatic rings. The Morgan fingerprint density at radius 2 is 1.96 bits per heavy atom. The quantitative estimate of drug-likeness (QED) is 0.855. The Balaban J connectivity index is 1.65. The lowest BCUT2D eigenvalue weighted by Crippen LogP contribution is -2.26. The Morgan fingerprint density at radius 1 is 1.17 bits per heavy atom. The largest absolute Gasteiger partial charge is 0.326 e. The normalized spacial score (nSPS) is 22.4. The van der Waals surface area contributed by atoms with Crippen LogP contribution in [0.1, 0.15) is 44.1 Å². The molecule has 1 aliphatic carbocycles. The summed E-state index contributed by atoms with van der Waals surface area (Å²) in [6.45, 7) is 1.58. The molecule has 0 bridgehead atoms. The first-order chi connectivity index (χ1) is 11.5. The van der Waals surface area contributed by atoms with Gasteiger partial charge in [0.25, 0.3) is 0 Å². The molecule has 3 rings (SSSR count). The second-order valence-corrected chi connectivity index (χ2v) is 9.23. The highest BCUT2D eigenvalue weighted by Crippen LogP contribution is 2.26. The van der Waals surface area contributed by atoms with Crippen LogP contribution in [-0.4, -0.2) is 32.7 Å². The first-order valence-electron chi connectivity index (χ1n) is 8.87. The number of anilines is 1. The molecule has 2 N–H and O–H groups in total. The lowest BCUT2D eigenvalue weighted by atomic mass is 10.0. The van der Waals surface area contributed by atoms with Crippen LogP contribution in [-0.2, 0) is 20.4 Å². The van der Waals surface area contributed by atoms with Gasteiger partial charge in [-0.05, 0) is 43.5 Å². The van der Waals surface area contributed by atoms with Crippen LogP contribution in [0.3, 0.4) is 0 Å². The highest BCUT2D eigenvalue weighted by molar-refractivity contribution is 7.91. The number of hydrogen-bond donors (Lipinski definition) is 2. The van der Waals surface area contributed by atoms with E-state index < -0.39 is 9.84 Å². The topological polar surface area (TPSA) is 75.3 Å². The zero-order valence-electron chi connectivity index (χ0n) is 14.0. The highest BCUT2D eigenvalue weighted by Gasteiger charge is 2.27. The summed E-state index contributed by atoms with van der Waals surface area (Å²) in [7, 11) is -3.12. The van der Waals surface area contributed by atoms with Gasteiger partial charge in [-0.3, -0.25) is 4.79 Å². The Labute approximate surface area is 144 Å². The van der Waals surface area contributed by atoms with Crippen molar-refractivity contribution in [3.05, 3.63) is 29.8 Å². The molecule has 1 unspecified atom stereocenters. The van der Waals surface area contributed by atoms with E-state index in [-0.39, 0.29) is 22.8 Å². The van der Waals surface area contributed by atoms with Crippen molar-refractivity contribution in [3.8, 4) is 0 Å². The summed E-state index contributed by atoms with van der Waals surface area (Å²) in [4.78, 5) is 12.2. The van der Waals surface area contributed by atoms with Crippen LogP contribution in [0, 0.1) is 5.92 Å². The van der Waals surface area contributed by atoms with E-state index in [0.29, 0.717) is 12.2 Å². The van der Waals surface area contributed by atoms with Gasteiger partial charge in [-0.2, -0.15) is 0 Å². The number of rotatable bonds is 5. The first kappa shape index (κ1) is 17.4. The predicted molar refractivity (Wildman–Crippen MR) is 95.5 cm³/mol. The van der Waals surface area contributed by atoms with Gasteiger partial charge in [-0.25, -0.2) is 8.42 Å². The summed E-state index contributed by atoms with van der Waals surface area (Å²) in [6, 6.07) is 7.25. The number of benzene rings is 1. The number of nitrogens with one attached hydrogen (secondary N) is 2. The Bertz CT molecular complexity index is 675. The van der Waals surface area contributed by atoms with Gasteiger partial charge in [0.1, 0.15) is 0 Å². The molecule has 132 valence electrons. The molecule has 1 amide bonds. The van der Waals surface area contributed by atoms with Crippen LogP contribution in [0.5, 0.6) is 0 Å². The molecule has 1 saturated carbocycles. The smallest absolute Gasteiger partial charge is 0.228 e. The van der Waals surface area contributed by atoms with Crippen molar-refractivity contribution in [2.45, 2.75) is 49.5 Å². The van der Waals surface area contributed by atoms with E-state index in [1.165, 1.54) is 0 Å². The van der Waals surface area contributed by atoms with E-state index >= 15 is 0 Å². The SMILES string of the molecule is O=C(Nc1cccc(CS(=O)(=O)C2CCCCC2)c1)C1CCNC1. The van der Waals surface area contributed by atoms with E-state index in [2.05, 4.69) is 10.6 Å². The number of sulfone groups is 1. The minimum absolute atomic E-state index is 0.000345. The maximum Gasteiger partial charge on any atom is 0.228 e. The molecule has 0 spiro atoms. The molecule has 0 aromatic heterocycles. The lowest BCUT2D eigenvalue weighted by molar-refractivity contribution is -0.119. The number of carbonyl (C=O) groups excluding carboxylic acids is 1. The van der Waals surface area contributed by atoms with Gasteiger partial charge in [0.05, 0.1) is 16.9 Å². The van der Waals surface area contributed by atoms with E-state index in [1.807, 2.05) is 18.2 Å². The third kappa shape index (κ3) is 4.36. The van der Waals surface area contributed by atoms with Crippen molar-refractivity contribution in [1.29, 1.82) is 0 Å². The molecular weight excluding hydrogens is 324 g/mol. The molecule has 1 saturated heterocycles. The van der Waals surface area contributed by atoms with Crippen molar-refractivity contribution in [3.63, 3.8) is 0 Å². The van der Waals surface area contributed by atoms with Gasteiger partial charge in [-0.1, -0.05) is 31.4 Å². The van der Waals surface area contributed by atoms with Gasteiger partial charge < -0.3 is 10.6 Å². The third-order valence-corrected chi connectivity index (χ3v) is 7.28. The van der Waals surface area contributed by atoms with Crippen LogP contribution in [0.25, 0.3) is 0 Å². The van der Waals surface area contributed by atoms with Crippen molar-refractivity contribution < 1.29 is 13.2 Å². The fraction of sp³-hybridized carbons (Fsp3) is 0.611. The van der Waals surface area contributed by atoms with Gasteiger partial charge in [-0.15, -0.1) is 0 Å². The zero-order chi connectivity index (χ0) is 17.0. The third-order valence-electron chi connectivity index (χ3n) is 5.05. The molecule has 0 radical (unpaired) electrons. The van der Waals surface area contributed by atoms with Gasteiger partial charge >= 0.3 is 0 Å². The molecule has 2 fully saturated rings. The molecule has 5 nitrogen and oxygen atoms in total. The van der Waals surface area contributed by atoms with Gasteiger partial charge in [0.15, 0.2) is 9.84 Å². The van der Waals surface area contributed by atoms with E-state index in [4.69, 9.17) is 0 Å². The second kappa shape index (κ2) is 7.66. The Hall–Kier alpha value is -1.40. The maximum atomic E-state index is 12.6. The summed E-state index contributed by atoms with van der Waals surface area (Å²) in [5.74, 6) is 0.0683. The minimum atomic E-state index is -3.12. The van der Waals surface area contributed by atoms with Crippen molar-refractivity contribution >= 4 is 21.4 Å². The lowest BCUT2D eigenvalue weighted by Gasteiger charge is -2.21. The van der Waals surface area contributed by atoms with Crippen LogP contribution >= 0.6 is 0 Å². The zero-order valence-corrected chi connectivity index (χ0v) is 14.8. The molecule has 1 aliphatic heterocycles. The first-order valence-corrected chi connectivity index (χ1v) is 10.6. The van der Waals surface area contributed by atoms with Crippen molar-refractivity contribution in [1.82, 2.24) is 5.32 Å². The summed E-state index contributed by atoms with van der Waals surface area (Å²) in [5, 5.41) is 5.89. The van der Waals surface area contributed by atoms with E-state index in [9.17, 15) is 13.2 Å². The van der Waals surface area contributed by atoms with E-state index in [1.54, 1.807) is 6.07 Å². The fourth-order valence-electron chi connectivity index (χ4n) is 3.64. The van der Waals surface area contributed by atoms with Crippen LogP contribution < -0.4 is 10.6 Å². The molecular formula is C18H26N2O3S. The second-order valence-electron chi connectivity index (χ2n) is 6.95. The maximum absolute atomic E-state index is 12.6. The standard InChI is InChI=1S/C18H26N2O3S/c21-18(15-9-10-19-12-15)20-16-6-4-5-14(11-16)13-24(22,23)17-7-2-1-3-8-17/h4-6,11,15,17,19H,1-3,7-10,12-13H2,(H,20,21). The molecule has 1 aromatic rings. The van der Waals surface area contributed by atoms with Gasteiger partial charge in [0, 0.05) is 12.2 Å². The molecule has 1 aromatic carbocycles. The van der Waals surface area contributed by atoms with Crippen LogP contribution in [0.15, 0.2) is 24.3 Å². The number of hydrogen-bond acceptors (Lipinski definition) is 4. The minimum Gasteiger partial charge on any atom is -0.326 e. The Morgan fingerprint density at radius 3 is 2.67 bits per heavy atom. The van der Waals surface area contributed by atoms with Crippen LogP contribution in [0.2, 0.25) is 0 Å². The average molecular weight is 350 g/mol. The summed E-state index contributed by atoms with van der Waals surface area (Å²) < 4.78 is 25.2. The molecule has 24 heavy (non-hydrogen) atoms.